The van der Waals surface area contributed by atoms with E-state index in [0.717, 1.165) is 12.0 Å². The third-order valence-corrected chi connectivity index (χ3v) is 3.93. The summed E-state index contributed by atoms with van der Waals surface area (Å²) in [6, 6.07) is 10.7. The number of nitrogens with zero attached hydrogens (tertiary/aromatic N) is 1. The molecule has 2 rings (SSSR count). The van der Waals surface area contributed by atoms with Crippen LogP contribution in [0.5, 0.6) is 0 Å². The highest BCUT2D eigenvalue weighted by Gasteiger charge is 2.17. The average Bonchev–Trinajstić information content (AvgIpc) is 2.48. The SMILES string of the molecule is CCc1ccccc1CNc1cc(Cl)c(Cl)cc1[N+](=O)[O-]. The smallest absolute Gasteiger partial charge is 0.293 e. The maximum Gasteiger partial charge on any atom is 0.293 e. The van der Waals surface area contributed by atoms with Gasteiger partial charge in [0.05, 0.1) is 15.0 Å². The van der Waals surface area contributed by atoms with Crippen LogP contribution in [0.1, 0.15) is 18.1 Å². The largest absolute Gasteiger partial charge is 0.375 e. The first-order valence-corrected chi connectivity index (χ1v) is 7.22. The molecule has 0 amide bonds. The number of benzene rings is 2. The summed E-state index contributed by atoms with van der Waals surface area (Å²) >= 11 is 11.8. The van der Waals surface area contributed by atoms with Crippen molar-refractivity contribution in [2.24, 2.45) is 0 Å². The third kappa shape index (κ3) is 3.65. The summed E-state index contributed by atoms with van der Waals surface area (Å²) in [6.07, 6.45) is 0.904. The van der Waals surface area contributed by atoms with E-state index in [1.165, 1.54) is 17.7 Å². The monoisotopic (exact) mass is 324 g/mol. The van der Waals surface area contributed by atoms with E-state index in [1.54, 1.807) is 0 Å². The molecule has 1 N–H and O–H groups in total. The van der Waals surface area contributed by atoms with Crippen LogP contribution in [0.2, 0.25) is 10.0 Å². The molecule has 4 nitrogen and oxygen atoms in total. The fourth-order valence-electron chi connectivity index (χ4n) is 2.09. The van der Waals surface area contributed by atoms with Gasteiger partial charge in [0, 0.05) is 12.6 Å². The van der Waals surface area contributed by atoms with E-state index >= 15 is 0 Å². The molecule has 0 aromatic heterocycles. The molecular formula is C15H14Cl2N2O2. The van der Waals surface area contributed by atoms with Crippen molar-refractivity contribution in [1.82, 2.24) is 0 Å². The number of rotatable bonds is 5. The summed E-state index contributed by atoms with van der Waals surface area (Å²) < 4.78 is 0. The minimum atomic E-state index is -0.476. The fourth-order valence-corrected chi connectivity index (χ4v) is 2.42. The molecule has 0 fully saturated rings. The average molecular weight is 325 g/mol. The zero-order valence-corrected chi connectivity index (χ0v) is 12.9. The molecule has 0 bridgehead atoms. The quantitative estimate of drug-likeness (QED) is 0.616. The first-order chi connectivity index (χ1) is 10.0. The Morgan fingerprint density at radius 3 is 2.38 bits per heavy atom. The molecule has 0 saturated heterocycles. The number of nitrogens with one attached hydrogen (secondary N) is 1. The van der Waals surface area contributed by atoms with Crippen LogP contribution in [0, 0.1) is 10.1 Å². The molecule has 0 aliphatic carbocycles. The van der Waals surface area contributed by atoms with E-state index in [9.17, 15) is 10.1 Å². The van der Waals surface area contributed by atoms with Crippen molar-refractivity contribution in [2.45, 2.75) is 19.9 Å². The van der Waals surface area contributed by atoms with Gasteiger partial charge in [0.15, 0.2) is 0 Å². The summed E-state index contributed by atoms with van der Waals surface area (Å²) in [5.41, 5.74) is 2.58. The lowest BCUT2D eigenvalue weighted by Gasteiger charge is -2.11. The Balaban J connectivity index is 2.27. The van der Waals surface area contributed by atoms with Crippen molar-refractivity contribution < 1.29 is 4.92 Å². The van der Waals surface area contributed by atoms with Crippen LogP contribution in [0.3, 0.4) is 0 Å². The third-order valence-electron chi connectivity index (χ3n) is 3.20. The molecule has 6 heteroatoms. The molecule has 2 aromatic rings. The summed E-state index contributed by atoms with van der Waals surface area (Å²) in [4.78, 5) is 10.6. The first-order valence-electron chi connectivity index (χ1n) is 6.47. The van der Waals surface area contributed by atoms with Gasteiger partial charge in [-0.25, -0.2) is 0 Å². The van der Waals surface area contributed by atoms with Gasteiger partial charge in [0.2, 0.25) is 0 Å². The minimum absolute atomic E-state index is 0.0848. The van der Waals surface area contributed by atoms with E-state index in [1.807, 2.05) is 24.3 Å². The molecule has 21 heavy (non-hydrogen) atoms. The summed E-state index contributed by atoms with van der Waals surface area (Å²) in [7, 11) is 0. The number of aryl methyl sites for hydroxylation is 1. The van der Waals surface area contributed by atoms with Crippen molar-refractivity contribution in [3.8, 4) is 0 Å². The zero-order valence-electron chi connectivity index (χ0n) is 11.4. The van der Waals surface area contributed by atoms with Crippen LogP contribution in [0.15, 0.2) is 36.4 Å². The predicted molar refractivity (Wildman–Crippen MR) is 86.3 cm³/mol. The van der Waals surface area contributed by atoms with Crippen molar-refractivity contribution in [3.63, 3.8) is 0 Å². The van der Waals surface area contributed by atoms with Gasteiger partial charge >= 0.3 is 0 Å². The van der Waals surface area contributed by atoms with Crippen LogP contribution < -0.4 is 5.32 Å². The number of nitro groups is 1. The van der Waals surface area contributed by atoms with Gasteiger partial charge in [0.1, 0.15) is 5.69 Å². The van der Waals surface area contributed by atoms with Crippen molar-refractivity contribution in [2.75, 3.05) is 5.32 Å². The van der Waals surface area contributed by atoms with Gasteiger partial charge in [-0.1, -0.05) is 54.4 Å². The molecular weight excluding hydrogens is 311 g/mol. The maximum atomic E-state index is 11.1. The molecule has 0 spiro atoms. The van der Waals surface area contributed by atoms with Crippen molar-refractivity contribution in [3.05, 3.63) is 67.7 Å². The Morgan fingerprint density at radius 1 is 1.14 bits per heavy atom. The number of nitro benzene ring substituents is 1. The molecule has 0 atom stereocenters. The number of anilines is 1. The van der Waals surface area contributed by atoms with Crippen LogP contribution >= 0.6 is 23.2 Å². The number of hydrogen-bond acceptors (Lipinski definition) is 3. The fraction of sp³-hybridized carbons (Fsp3) is 0.200. The highest BCUT2D eigenvalue weighted by atomic mass is 35.5. The van der Waals surface area contributed by atoms with E-state index in [-0.39, 0.29) is 15.7 Å². The summed E-state index contributed by atoms with van der Waals surface area (Å²) in [5, 5.41) is 14.6. The number of hydrogen-bond donors (Lipinski definition) is 1. The lowest BCUT2D eigenvalue weighted by Crippen LogP contribution is -2.05. The standard InChI is InChI=1S/C15H14Cl2N2O2/c1-2-10-5-3-4-6-11(10)9-18-14-7-12(16)13(17)8-15(14)19(20)21/h3-8,18H,2,9H2,1H3. The van der Waals surface area contributed by atoms with Gasteiger partial charge in [-0.3, -0.25) is 10.1 Å². The van der Waals surface area contributed by atoms with E-state index in [4.69, 9.17) is 23.2 Å². The van der Waals surface area contributed by atoms with E-state index in [2.05, 4.69) is 12.2 Å². The van der Waals surface area contributed by atoms with Crippen LogP contribution in [0.4, 0.5) is 11.4 Å². The van der Waals surface area contributed by atoms with Crippen molar-refractivity contribution >= 4 is 34.6 Å². The molecule has 0 aliphatic heterocycles. The van der Waals surface area contributed by atoms with Crippen molar-refractivity contribution in [1.29, 1.82) is 0 Å². The Hall–Kier alpha value is -1.78. The summed E-state index contributed by atoms with van der Waals surface area (Å²) in [5.74, 6) is 0. The normalized spacial score (nSPS) is 10.4. The molecule has 0 unspecified atom stereocenters. The lowest BCUT2D eigenvalue weighted by atomic mass is 10.1. The molecule has 0 heterocycles. The van der Waals surface area contributed by atoms with E-state index < -0.39 is 4.92 Å². The minimum Gasteiger partial charge on any atom is -0.375 e. The van der Waals surface area contributed by atoms with Gasteiger partial charge < -0.3 is 5.32 Å². The Kier molecular flexibility index (Phi) is 5.04. The second kappa shape index (κ2) is 6.78. The number of halogens is 2. The predicted octanol–water partition coefficient (Wildman–Crippen LogP) is 5.08. The zero-order chi connectivity index (χ0) is 15.4. The molecule has 0 saturated carbocycles. The second-order valence-electron chi connectivity index (χ2n) is 4.52. The van der Waals surface area contributed by atoms with Gasteiger partial charge in [0.25, 0.3) is 5.69 Å². The van der Waals surface area contributed by atoms with Crippen LogP contribution in [-0.2, 0) is 13.0 Å². The summed E-state index contributed by atoms with van der Waals surface area (Å²) in [6.45, 7) is 2.56. The molecule has 110 valence electrons. The molecule has 2 aromatic carbocycles. The van der Waals surface area contributed by atoms with Gasteiger partial charge in [-0.2, -0.15) is 0 Å². The highest BCUT2D eigenvalue weighted by Crippen LogP contribution is 2.34. The molecule has 0 aliphatic rings. The topological polar surface area (TPSA) is 55.2 Å². The Labute approximate surface area is 132 Å². The van der Waals surface area contributed by atoms with Gasteiger partial charge in [-0.05, 0) is 23.6 Å². The lowest BCUT2D eigenvalue weighted by molar-refractivity contribution is -0.383. The van der Waals surface area contributed by atoms with Gasteiger partial charge in [-0.15, -0.1) is 0 Å². The van der Waals surface area contributed by atoms with Crippen LogP contribution in [0.25, 0.3) is 0 Å². The Morgan fingerprint density at radius 2 is 1.76 bits per heavy atom. The molecule has 0 radical (unpaired) electrons. The first kappa shape index (κ1) is 15.6. The van der Waals surface area contributed by atoms with E-state index in [0.29, 0.717) is 12.2 Å². The second-order valence-corrected chi connectivity index (χ2v) is 5.33. The van der Waals surface area contributed by atoms with Crippen LogP contribution in [-0.4, -0.2) is 4.92 Å². The highest BCUT2D eigenvalue weighted by molar-refractivity contribution is 6.42. The maximum absolute atomic E-state index is 11.1. The Bertz CT molecular complexity index is 675.